The molecule has 0 saturated carbocycles. The van der Waals surface area contributed by atoms with Crippen molar-refractivity contribution in [2.75, 3.05) is 0 Å². The molecule has 10 nitrogen and oxygen atoms in total. The Kier molecular flexibility index (Phi) is 7.71. The topological polar surface area (TPSA) is 125 Å². The highest BCUT2D eigenvalue weighted by Gasteiger charge is 2.34. The zero-order valence-corrected chi connectivity index (χ0v) is 20.4. The number of aromatic nitrogens is 2. The smallest absolute Gasteiger partial charge is 0.330 e. The number of benzene rings is 2. The number of sulfonamides is 1. The molecule has 4 aromatic rings. The summed E-state index contributed by atoms with van der Waals surface area (Å²) in [7, 11) is -4.40. The van der Waals surface area contributed by atoms with Gasteiger partial charge in [0, 0.05) is 29.3 Å². The number of fused-ring (bicyclic) bond motifs is 1. The molecule has 2 aromatic carbocycles. The van der Waals surface area contributed by atoms with Gasteiger partial charge in [-0.15, -0.1) is 0 Å². The van der Waals surface area contributed by atoms with E-state index in [2.05, 4.69) is 9.97 Å². The summed E-state index contributed by atoms with van der Waals surface area (Å²) in [5.41, 5.74) is 1.60. The van der Waals surface area contributed by atoms with Crippen molar-refractivity contribution in [1.29, 1.82) is 0 Å². The Balaban J connectivity index is 1.65. The van der Waals surface area contributed by atoms with Crippen molar-refractivity contribution in [2.45, 2.75) is 24.5 Å². The average molecular weight is 548 g/mol. The molecule has 0 aliphatic heterocycles. The van der Waals surface area contributed by atoms with Crippen molar-refractivity contribution in [2.24, 2.45) is 0 Å². The maximum absolute atomic E-state index is 13.5. The van der Waals surface area contributed by atoms with Crippen LogP contribution in [0, 0.1) is 6.92 Å². The van der Waals surface area contributed by atoms with Crippen molar-refractivity contribution in [1.82, 2.24) is 25.3 Å². The van der Waals surface area contributed by atoms with Crippen LogP contribution in [0.2, 0.25) is 0 Å². The Labute approximate surface area is 214 Å². The largest absolute Gasteiger partial charge is 0.416 e. The monoisotopic (exact) mass is 547 g/mol. The molecule has 0 radical (unpaired) electrons. The molecule has 0 aliphatic rings. The van der Waals surface area contributed by atoms with Gasteiger partial charge < -0.3 is 4.84 Å². The highest BCUT2D eigenvalue weighted by atomic mass is 32.2. The third-order valence-electron chi connectivity index (χ3n) is 5.34. The number of halogens is 3. The molecule has 2 heterocycles. The van der Waals surface area contributed by atoms with Gasteiger partial charge in [-0.2, -0.15) is 13.2 Å². The number of rotatable bonds is 8. The van der Waals surface area contributed by atoms with Gasteiger partial charge in [0.05, 0.1) is 28.1 Å². The lowest BCUT2D eigenvalue weighted by Gasteiger charge is -2.30. The van der Waals surface area contributed by atoms with Crippen LogP contribution in [0.15, 0.2) is 84.1 Å². The first-order valence-electron chi connectivity index (χ1n) is 10.9. The Bertz CT molecular complexity index is 1550. The minimum atomic E-state index is -4.57. The van der Waals surface area contributed by atoms with Crippen LogP contribution in [-0.4, -0.2) is 39.3 Å². The van der Waals surface area contributed by atoms with Crippen molar-refractivity contribution in [3.63, 3.8) is 0 Å². The number of nitrogens with zero attached hydrogens (tertiary/aromatic N) is 4. The van der Waals surface area contributed by atoms with Gasteiger partial charge in [-0.3, -0.25) is 15.2 Å². The van der Waals surface area contributed by atoms with E-state index in [1.165, 1.54) is 30.6 Å². The van der Waals surface area contributed by atoms with Gasteiger partial charge in [0.2, 0.25) is 0 Å². The number of pyridine rings is 2. The number of aryl methyl sites for hydroxylation is 1. The summed E-state index contributed by atoms with van der Waals surface area (Å²) in [4.78, 5) is 25.7. The molecule has 0 fully saturated rings. The number of nitrogens with one attached hydrogen (secondary N) is 1. The fourth-order valence-corrected chi connectivity index (χ4v) is 4.69. The van der Waals surface area contributed by atoms with Crippen molar-refractivity contribution in [3.8, 4) is 0 Å². The first-order valence-corrected chi connectivity index (χ1v) is 12.3. The predicted octanol–water partition coefficient (Wildman–Crippen LogP) is 4.03. The van der Waals surface area contributed by atoms with E-state index in [4.69, 9.17) is 4.84 Å². The summed E-state index contributed by atoms with van der Waals surface area (Å²) >= 11 is 0. The second-order valence-corrected chi connectivity index (χ2v) is 9.88. The zero-order valence-electron chi connectivity index (χ0n) is 19.6. The van der Waals surface area contributed by atoms with Crippen LogP contribution < -0.4 is 5.59 Å². The van der Waals surface area contributed by atoms with Crippen LogP contribution >= 0.6 is 0 Å². The Hall–Kier alpha value is -3.95. The van der Waals surface area contributed by atoms with Gasteiger partial charge in [-0.25, -0.2) is 13.2 Å². The van der Waals surface area contributed by atoms with Gasteiger partial charge in [0.1, 0.15) is 0 Å². The second-order valence-electron chi connectivity index (χ2n) is 8.04. The summed E-state index contributed by atoms with van der Waals surface area (Å²) in [5.74, 6) is -1.16. The molecule has 0 amide bonds. The average Bonchev–Trinajstić information content (AvgIpc) is 2.90. The molecule has 0 atom stereocenters. The normalized spacial score (nSPS) is 12.3. The van der Waals surface area contributed by atoms with E-state index in [0.717, 1.165) is 30.0 Å². The molecular formula is C24H20F3N5O5S. The van der Waals surface area contributed by atoms with E-state index < -0.39 is 34.3 Å². The molecule has 38 heavy (non-hydrogen) atoms. The Morgan fingerprint density at radius 2 is 1.82 bits per heavy atom. The number of carbonyl (C=O) groups excluding carboxylic acids is 1. The van der Waals surface area contributed by atoms with Crippen molar-refractivity contribution >= 4 is 26.9 Å². The molecular weight excluding hydrogens is 527 g/mol. The molecule has 0 bridgehead atoms. The molecule has 0 unspecified atom stereocenters. The van der Waals surface area contributed by atoms with Crippen LogP contribution in [0.1, 0.15) is 27.0 Å². The Morgan fingerprint density at radius 1 is 1.08 bits per heavy atom. The second kappa shape index (κ2) is 10.8. The Morgan fingerprint density at radius 3 is 2.45 bits per heavy atom. The molecule has 0 spiro atoms. The third kappa shape index (κ3) is 5.95. The molecule has 0 aliphatic carbocycles. The summed E-state index contributed by atoms with van der Waals surface area (Å²) in [6.45, 7) is 1.37. The molecule has 4 rings (SSSR count). The molecule has 2 aromatic heterocycles. The van der Waals surface area contributed by atoms with E-state index in [1.54, 1.807) is 36.8 Å². The maximum Gasteiger partial charge on any atom is 0.416 e. The molecule has 0 saturated heterocycles. The first kappa shape index (κ1) is 27.1. The van der Waals surface area contributed by atoms with Gasteiger partial charge in [0.15, 0.2) is 0 Å². The third-order valence-corrected chi connectivity index (χ3v) is 7.04. The summed E-state index contributed by atoms with van der Waals surface area (Å²) < 4.78 is 66.5. The van der Waals surface area contributed by atoms with E-state index in [1.807, 2.05) is 0 Å². The van der Waals surface area contributed by atoms with Crippen molar-refractivity contribution in [3.05, 3.63) is 102 Å². The van der Waals surface area contributed by atoms with Crippen LogP contribution in [0.25, 0.3) is 10.9 Å². The van der Waals surface area contributed by atoms with Gasteiger partial charge >= 0.3 is 12.1 Å². The molecule has 2 N–H and O–H groups in total. The first-order chi connectivity index (χ1) is 18.0. The maximum atomic E-state index is 13.5. The summed E-state index contributed by atoms with van der Waals surface area (Å²) in [5, 5.41) is 10.2. The predicted molar refractivity (Wildman–Crippen MR) is 127 cm³/mol. The lowest BCUT2D eigenvalue weighted by atomic mass is 10.1. The fourth-order valence-electron chi connectivity index (χ4n) is 3.38. The molecule has 198 valence electrons. The van der Waals surface area contributed by atoms with Crippen LogP contribution in [0.4, 0.5) is 13.2 Å². The van der Waals surface area contributed by atoms with Crippen LogP contribution in [0.3, 0.4) is 0 Å². The summed E-state index contributed by atoms with van der Waals surface area (Å²) in [6.07, 6.45) is -0.728. The number of carbonyl (C=O) groups is 1. The standard InChI is InChI=1S/C24H20F3N5O5S/c1-16-4-8-21(9-5-16)38(35,36)31(15-17-3-2-10-28-13-17)32(30-34)37-23(33)19-11-18-6-7-20(24(25,26)27)12-22(18)29-14-19/h2-14,30,34H,15H2,1H3. The minimum Gasteiger partial charge on any atom is -0.330 e. The molecule has 14 heteroatoms. The van der Waals surface area contributed by atoms with E-state index in [-0.39, 0.29) is 26.6 Å². The summed E-state index contributed by atoms with van der Waals surface area (Å²) in [6, 6.07) is 13.0. The van der Waals surface area contributed by atoms with Crippen LogP contribution in [-0.2, 0) is 27.6 Å². The van der Waals surface area contributed by atoms with E-state index in [9.17, 15) is 31.6 Å². The highest BCUT2D eigenvalue weighted by Crippen LogP contribution is 2.31. The van der Waals surface area contributed by atoms with Crippen molar-refractivity contribution < 1.29 is 36.4 Å². The number of alkyl halides is 3. The van der Waals surface area contributed by atoms with E-state index in [0.29, 0.717) is 9.98 Å². The number of hydrogen-bond donors (Lipinski definition) is 2. The lowest BCUT2D eigenvalue weighted by Crippen LogP contribution is -2.52. The van der Waals surface area contributed by atoms with Gasteiger partial charge in [-0.05, 0) is 48.9 Å². The zero-order chi connectivity index (χ0) is 27.5. The van der Waals surface area contributed by atoms with E-state index >= 15 is 0 Å². The van der Waals surface area contributed by atoms with Crippen LogP contribution in [0.5, 0.6) is 0 Å². The number of hydrazine groups is 2. The van der Waals surface area contributed by atoms with Gasteiger partial charge in [0.25, 0.3) is 10.0 Å². The minimum absolute atomic E-state index is 0.0198. The lowest BCUT2D eigenvalue weighted by molar-refractivity contribution is -0.300. The fraction of sp³-hybridized carbons (Fsp3) is 0.125. The SMILES string of the molecule is Cc1ccc(S(=O)(=O)N(Cc2cccnc2)N(NO)OC(=O)c2cnc3cc(C(F)(F)F)ccc3c2)cc1. The van der Waals surface area contributed by atoms with Gasteiger partial charge in [-0.1, -0.05) is 39.8 Å². The quantitative estimate of drug-likeness (QED) is 0.315. The highest BCUT2D eigenvalue weighted by molar-refractivity contribution is 7.89. The number of hydrogen-bond acceptors (Lipinski definition) is 9.